The van der Waals surface area contributed by atoms with Gasteiger partial charge in [0, 0.05) is 31.2 Å². The van der Waals surface area contributed by atoms with E-state index in [-0.39, 0.29) is 17.7 Å². The molecule has 2 fully saturated rings. The molecule has 2 unspecified atom stereocenters. The molecule has 0 spiro atoms. The van der Waals surface area contributed by atoms with Crippen LogP contribution in [0.4, 0.5) is 5.69 Å². The van der Waals surface area contributed by atoms with Gasteiger partial charge in [0.1, 0.15) is 5.75 Å². The van der Waals surface area contributed by atoms with E-state index in [1.54, 1.807) is 7.11 Å². The lowest BCUT2D eigenvalue weighted by Gasteiger charge is -2.27. The van der Waals surface area contributed by atoms with Crippen molar-refractivity contribution in [3.63, 3.8) is 0 Å². The maximum Gasteiger partial charge on any atom is 0.229 e. The van der Waals surface area contributed by atoms with Crippen molar-refractivity contribution in [1.29, 1.82) is 0 Å². The number of hydrogen-bond acceptors (Lipinski definition) is 4. The second-order valence-corrected chi connectivity index (χ2v) is 8.04. The number of likely N-dealkylation sites (tertiary alicyclic amines) is 2. The van der Waals surface area contributed by atoms with Crippen molar-refractivity contribution in [3.8, 4) is 5.75 Å². The topological polar surface area (TPSA) is 61.9 Å². The molecule has 0 aromatic heterocycles. The number of likely N-dealkylation sites (N-methyl/N-ethyl adjacent to an activating group) is 1. The fraction of sp³-hybridized carbons (Fsp3) is 0.478. The molecular formula is C23H29N3O3. The molecule has 2 aliphatic rings. The van der Waals surface area contributed by atoms with Crippen LogP contribution in [-0.4, -0.2) is 60.9 Å². The molecule has 2 heterocycles. The Kier molecular flexibility index (Phi) is 5.72. The maximum absolute atomic E-state index is 12.8. The highest BCUT2D eigenvalue weighted by atomic mass is 16.5. The highest BCUT2D eigenvalue weighted by Gasteiger charge is 2.36. The minimum atomic E-state index is -0.287. The number of hydrogen-bond donors (Lipinski definition) is 1. The molecule has 2 atom stereocenters. The highest BCUT2D eigenvalue weighted by Crippen LogP contribution is 2.26. The van der Waals surface area contributed by atoms with Gasteiger partial charge in [-0.1, -0.05) is 19.1 Å². The molecule has 2 aromatic carbocycles. The fourth-order valence-corrected chi connectivity index (χ4v) is 4.57. The summed E-state index contributed by atoms with van der Waals surface area (Å²) in [7, 11) is 1.65. The van der Waals surface area contributed by atoms with Crippen molar-refractivity contribution in [3.05, 3.63) is 36.4 Å². The van der Waals surface area contributed by atoms with Crippen LogP contribution in [0.1, 0.15) is 26.2 Å². The molecule has 2 amide bonds. The molecule has 6 heteroatoms. The lowest BCUT2D eigenvalue weighted by atomic mass is 10.1. The number of nitrogens with one attached hydrogen (secondary N) is 1. The second kappa shape index (κ2) is 8.41. The van der Waals surface area contributed by atoms with Gasteiger partial charge in [-0.2, -0.15) is 0 Å². The van der Waals surface area contributed by atoms with Gasteiger partial charge in [0.05, 0.1) is 13.0 Å². The number of carbonyl (C=O) groups excluding carboxylic acids is 2. The van der Waals surface area contributed by atoms with Gasteiger partial charge in [0.2, 0.25) is 11.8 Å². The highest BCUT2D eigenvalue weighted by molar-refractivity contribution is 5.99. The van der Waals surface area contributed by atoms with E-state index < -0.39 is 0 Å². The molecule has 4 rings (SSSR count). The van der Waals surface area contributed by atoms with Crippen molar-refractivity contribution >= 4 is 28.3 Å². The van der Waals surface area contributed by atoms with Gasteiger partial charge in [-0.3, -0.25) is 14.5 Å². The SMILES string of the molecule is CCN1CCCC1CN1CC(C(=O)Nc2ccc3cc(OC)ccc3c2)CC1=O. The molecule has 2 aliphatic heterocycles. The van der Waals surface area contributed by atoms with Gasteiger partial charge in [-0.15, -0.1) is 0 Å². The molecule has 0 radical (unpaired) electrons. The second-order valence-electron chi connectivity index (χ2n) is 8.04. The Morgan fingerprint density at radius 3 is 2.79 bits per heavy atom. The Morgan fingerprint density at radius 1 is 1.21 bits per heavy atom. The van der Waals surface area contributed by atoms with Gasteiger partial charge in [0.25, 0.3) is 0 Å². The molecule has 0 saturated carbocycles. The number of anilines is 1. The zero-order chi connectivity index (χ0) is 20.4. The lowest BCUT2D eigenvalue weighted by Crippen LogP contribution is -2.41. The first-order valence-electron chi connectivity index (χ1n) is 10.5. The fourth-order valence-electron chi connectivity index (χ4n) is 4.57. The predicted molar refractivity (Wildman–Crippen MR) is 114 cm³/mol. The summed E-state index contributed by atoms with van der Waals surface area (Å²) in [5.41, 5.74) is 0.756. The maximum atomic E-state index is 12.8. The van der Waals surface area contributed by atoms with Gasteiger partial charge in [0.15, 0.2) is 0 Å². The average Bonchev–Trinajstić information content (AvgIpc) is 3.34. The van der Waals surface area contributed by atoms with Crippen LogP contribution in [-0.2, 0) is 9.59 Å². The van der Waals surface area contributed by atoms with Crippen molar-refractivity contribution < 1.29 is 14.3 Å². The van der Waals surface area contributed by atoms with E-state index in [0.717, 1.165) is 48.3 Å². The Morgan fingerprint density at radius 2 is 2.00 bits per heavy atom. The number of benzene rings is 2. The smallest absolute Gasteiger partial charge is 0.229 e. The van der Waals surface area contributed by atoms with Crippen LogP contribution in [0, 0.1) is 5.92 Å². The van der Waals surface area contributed by atoms with Crippen molar-refractivity contribution in [2.75, 3.05) is 38.6 Å². The van der Waals surface area contributed by atoms with Gasteiger partial charge in [-0.05, 0) is 61.0 Å². The predicted octanol–water partition coefficient (Wildman–Crippen LogP) is 3.12. The third kappa shape index (κ3) is 4.22. The summed E-state index contributed by atoms with van der Waals surface area (Å²) >= 11 is 0. The minimum Gasteiger partial charge on any atom is -0.497 e. The van der Waals surface area contributed by atoms with E-state index in [1.807, 2.05) is 41.3 Å². The van der Waals surface area contributed by atoms with Crippen LogP contribution in [0.25, 0.3) is 10.8 Å². The van der Waals surface area contributed by atoms with Crippen molar-refractivity contribution in [1.82, 2.24) is 9.80 Å². The Bertz CT molecular complexity index is 913. The van der Waals surface area contributed by atoms with Gasteiger partial charge < -0.3 is 15.0 Å². The largest absolute Gasteiger partial charge is 0.497 e. The van der Waals surface area contributed by atoms with Crippen LogP contribution in [0.2, 0.25) is 0 Å². The molecule has 154 valence electrons. The third-order valence-corrected chi connectivity index (χ3v) is 6.24. The zero-order valence-corrected chi connectivity index (χ0v) is 17.2. The number of methoxy groups -OCH3 is 1. The molecule has 0 bridgehead atoms. The van der Waals surface area contributed by atoms with Crippen molar-refractivity contribution in [2.45, 2.75) is 32.2 Å². The number of carbonyl (C=O) groups is 2. The lowest BCUT2D eigenvalue weighted by molar-refractivity contribution is -0.128. The number of rotatable bonds is 6. The van der Waals surface area contributed by atoms with Crippen LogP contribution >= 0.6 is 0 Å². The average molecular weight is 396 g/mol. The summed E-state index contributed by atoms with van der Waals surface area (Å²) in [5, 5.41) is 5.09. The van der Waals surface area contributed by atoms with Crippen molar-refractivity contribution in [2.24, 2.45) is 5.92 Å². The number of nitrogens with zero attached hydrogens (tertiary/aromatic N) is 2. The molecule has 1 N–H and O–H groups in total. The van der Waals surface area contributed by atoms with Crippen LogP contribution in [0.3, 0.4) is 0 Å². The molecule has 2 saturated heterocycles. The van der Waals surface area contributed by atoms with Gasteiger partial charge in [-0.25, -0.2) is 0 Å². The van der Waals surface area contributed by atoms with E-state index in [0.29, 0.717) is 19.0 Å². The summed E-state index contributed by atoms with van der Waals surface area (Å²) in [6.07, 6.45) is 2.63. The summed E-state index contributed by atoms with van der Waals surface area (Å²) < 4.78 is 5.26. The van der Waals surface area contributed by atoms with Crippen LogP contribution in [0.5, 0.6) is 5.75 Å². The molecular weight excluding hydrogens is 366 g/mol. The molecule has 2 aromatic rings. The summed E-state index contributed by atoms with van der Waals surface area (Å²) in [6.45, 7) is 5.56. The first kappa shape index (κ1) is 19.7. The van der Waals surface area contributed by atoms with E-state index in [9.17, 15) is 9.59 Å². The molecule has 6 nitrogen and oxygen atoms in total. The summed E-state index contributed by atoms with van der Waals surface area (Å²) in [4.78, 5) is 29.6. The summed E-state index contributed by atoms with van der Waals surface area (Å²) in [5.74, 6) is 0.541. The van der Waals surface area contributed by atoms with E-state index in [1.165, 1.54) is 6.42 Å². The van der Waals surface area contributed by atoms with E-state index >= 15 is 0 Å². The number of amides is 2. The molecule has 29 heavy (non-hydrogen) atoms. The number of ether oxygens (including phenoxy) is 1. The monoisotopic (exact) mass is 395 g/mol. The van der Waals surface area contributed by atoms with Crippen LogP contribution < -0.4 is 10.1 Å². The Hall–Kier alpha value is -2.60. The quantitative estimate of drug-likeness (QED) is 0.816. The minimum absolute atomic E-state index is 0.0764. The van der Waals surface area contributed by atoms with Crippen LogP contribution in [0.15, 0.2) is 36.4 Å². The Balaban J connectivity index is 1.38. The number of fused-ring (bicyclic) bond motifs is 1. The van der Waals surface area contributed by atoms with E-state index in [2.05, 4.69) is 17.1 Å². The van der Waals surface area contributed by atoms with Gasteiger partial charge >= 0.3 is 0 Å². The van der Waals surface area contributed by atoms with E-state index in [4.69, 9.17) is 4.74 Å². The normalized spacial score (nSPS) is 22.4. The molecule has 0 aliphatic carbocycles. The standard InChI is InChI=1S/C23H29N3O3/c1-3-25-10-4-5-20(25)15-26-14-18(13-22(26)27)23(28)24-19-8-6-17-12-21(29-2)9-7-16(17)11-19/h6-9,11-12,18,20H,3-5,10,13-15H2,1-2H3,(H,24,28). The third-order valence-electron chi connectivity index (χ3n) is 6.24. The summed E-state index contributed by atoms with van der Waals surface area (Å²) in [6, 6.07) is 12.1. The Labute approximate surface area is 171 Å². The zero-order valence-electron chi connectivity index (χ0n) is 17.2. The first-order valence-corrected chi connectivity index (χ1v) is 10.5. The first-order chi connectivity index (χ1) is 14.1.